The van der Waals surface area contributed by atoms with E-state index in [2.05, 4.69) is 10.2 Å². The number of nitrogens with zero attached hydrogens (tertiary/aromatic N) is 1. The van der Waals surface area contributed by atoms with E-state index in [1.807, 2.05) is 30.3 Å². The molecule has 4 nitrogen and oxygen atoms in total. The first-order valence-corrected chi connectivity index (χ1v) is 9.82. The predicted octanol–water partition coefficient (Wildman–Crippen LogP) is 3.09. The molecule has 3 aliphatic rings. The molecule has 2 amide bonds. The van der Waals surface area contributed by atoms with Crippen LogP contribution >= 0.6 is 0 Å². The van der Waals surface area contributed by atoms with E-state index in [4.69, 9.17) is 0 Å². The molecule has 4 atom stereocenters. The Morgan fingerprint density at radius 3 is 2.64 bits per heavy atom. The molecule has 1 saturated heterocycles. The fourth-order valence-electron chi connectivity index (χ4n) is 5.14. The Bertz CT molecular complexity index is 630. The van der Waals surface area contributed by atoms with E-state index in [0.717, 1.165) is 38.3 Å². The second kappa shape index (κ2) is 7.19. The summed E-state index contributed by atoms with van der Waals surface area (Å²) in [5, 5.41) is 3.05. The molecule has 134 valence electrons. The van der Waals surface area contributed by atoms with E-state index >= 15 is 0 Å². The molecule has 1 aromatic rings. The molecule has 0 aromatic heterocycles. The molecule has 2 saturated carbocycles. The smallest absolute Gasteiger partial charge is 0.251 e. The minimum Gasteiger partial charge on any atom is -0.352 e. The maximum atomic E-state index is 12.9. The number of nitrogens with one attached hydrogen (secondary N) is 1. The van der Waals surface area contributed by atoms with Crippen molar-refractivity contribution in [2.24, 2.45) is 23.7 Å². The van der Waals surface area contributed by atoms with Gasteiger partial charge in [0, 0.05) is 31.1 Å². The Balaban J connectivity index is 1.29. The average Bonchev–Trinajstić information content (AvgIpc) is 3.30. The van der Waals surface area contributed by atoms with Crippen molar-refractivity contribution >= 4 is 11.8 Å². The molecule has 25 heavy (non-hydrogen) atoms. The average molecular weight is 340 g/mol. The highest BCUT2D eigenvalue weighted by Crippen LogP contribution is 2.49. The van der Waals surface area contributed by atoms with Crippen LogP contribution in [-0.2, 0) is 4.79 Å². The molecule has 2 aliphatic carbocycles. The van der Waals surface area contributed by atoms with Gasteiger partial charge in [-0.3, -0.25) is 9.59 Å². The zero-order valence-electron chi connectivity index (χ0n) is 14.8. The molecule has 0 radical (unpaired) electrons. The lowest BCUT2D eigenvalue weighted by Gasteiger charge is -2.36. The van der Waals surface area contributed by atoms with Crippen molar-refractivity contribution in [1.82, 2.24) is 10.2 Å². The topological polar surface area (TPSA) is 49.4 Å². The van der Waals surface area contributed by atoms with E-state index in [9.17, 15) is 9.59 Å². The highest BCUT2D eigenvalue weighted by molar-refractivity contribution is 5.94. The third kappa shape index (κ3) is 3.58. The van der Waals surface area contributed by atoms with Gasteiger partial charge in [-0.2, -0.15) is 0 Å². The van der Waals surface area contributed by atoms with Gasteiger partial charge in [-0.05, 0) is 62.0 Å². The fourth-order valence-corrected chi connectivity index (χ4v) is 5.14. The van der Waals surface area contributed by atoms with Crippen LogP contribution in [0.2, 0.25) is 0 Å². The lowest BCUT2D eigenvalue weighted by atomic mass is 9.86. The van der Waals surface area contributed by atoms with Crippen molar-refractivity contribution in [2.75, 3.05) is 19.6 Å². The van der Waals surface area contributed by atoms with Crippen LogP contribution in [-0.4, -0.2) is 36.3 Å². The van der Waals surface area contributed by atoms with Crippen molar-refractivity contribution in [1.29, 1.82) is 0 Å². The summed E-state index contributed by atoms with van der Waals surface area (Å²) in [4.78, 5) is 27.2. The Hall–Kier alpha value is -1.84. The summed E-state index contributed by atoms with van der Waals surface area (Å²) in [5.74, 6) is 2.50. The third-order valence-electron chi connectivity index (χ3n) is 6.47. The molecule has 1 heterocycles. The minimum atomic E-state index is -0.0165. The Labute approximate surface area is 150 Å². The van der Waals surface area contributed by atoms with Crippen LogP contribution in [0.5, 0.6) is 0 Å². The first-order chi connectivity index (χ1) is 12.2. The fraction of sp³-hybridized carbons (Fsp3) is 0.619. The van der Waals surface area contributed by atoms with Crippen LogP contribution in [0, 0.1) is 23.7 Å². The standard InChI is InChI=1S/C21H28N2O2/c24-20(17-6-2-1-3-7-17)22-13-16-5-4-10-23(14-16)21(25)19-12-15-8-9-18(19)11-15/h1-3,6-7,15-16,18-19H,4-5,8-14H2,(H,22,24)/t15-,16-,18-,19-/m0/s1. The zero-order valence-corrected chi connectivity index (χ0v) is 14.8. The summed E-state index contributed by atoms with van der Waals surface area (Å²) in [6, 6.07) is 9.34. The summed E-state index contributed by atoms with van der Waals surface area (Å²) < 4.78 is 0. The highest BCUT2D eigenvalue weighted by atomic mass is 16.2. The number of piperidine rings is 1. The van der Waals surface area contributed by atoms with E-state index in [1.54, 1.807) is 0 Å². The summed E-state index contributed by atoms with van der Waals surface area (Å²) in [6.07, 6.45) is 7.14. The number of hydrogen-bond donors (Lipinski definition) is 1. The highest BCUT2D eigenvalue weighted by Gasteiger charge is 2.44. The van der Waals surface area contributed by atoms with Crippen LogP contribution in [0.1, 0.15) is 48.9 Å². The first kappa shape index (κ1) is 16.6. The number of rotatable bonds is 4. The largest absolute Gasteiger partial charge is 0.352 e. The van der Waals surface area contributed by atoms with E-state index in [0.29, 0.717) is 29.9 Å². The van der Waals surface area contributed by atoms with Gasteiger partial charge >= 0.3 is 0 Å². The van der Waals surface area contributed by atoms with Gasteiger partial charge < -0.3 is 10.2 Å². The van der Waals surface area contributed by atoms with Gasteiger partial charge in [0.25, 0.3) is 5.91 Å². The number of carbonyl (C=O) groups excluding carboxylic acids is 2. The van der Waals surface area contributed by atoms with Crippen molar-refractivity contribution in [3.63, 3.8) is 0 Å². The van der Waals surface area contributed by atoms with Crippen molar-refractivity contribution in [3.05, 3.63) is 35.9 Å². The second-order valence-electron chi connectivity index (χ2n) is 8.15. The summed E-state index contributed by atoms with van der Waals surface area (Å²) >= 11 is 0. The molecule has 0 spiro atoms. The quantitative estimate of drug-likeness (QED) is 0.916. The lowest BCUT2D eigenvalue weighted by molar-refractivity contribution is -0.139. The minimum absolute atomic E-state index is 0.0165. The normalized spacial score (nSPS) is 31.1. The van der Waals surface area contributed by atoms with Crippen molar-refractivity contribution in [2.45, 2.75) is 38.5 Å². The molecule has 1 aliphatic heterocycles. The van der Waals surface area contributed by atoms with Crippen molar-refractivity contribution < 1.29 is 9.59 Å². The second-order valence-corrected chi connectivity index (χ2v) is 8.15. The molecular weight excluding hydrogens is 312 g/mol. The lowest BCUT2D eigenvalue weighted by Crippen LogP contribution is -2.46. The van der Waals surface area contributed by atoms with E-state index in [1.165, 1.54) is 19.3 Å². The van der Waals surface area contributed by atoms with Crippen molar-refractivity contribution in [3.8, 4) is 0 Å². The molecule has 4 rings (SSSR count). The SMILES string of the molecule is O=C(NC[C@@H]1CCCN(C(=O)[C@H]2C[C@H]3CC[C@H]2C3)C1)c1ccccc1. The summed E-state index contributed by atoms with van der Waals surface area (Å²) in [7, 11) is 0. The van der Waals surface area contributed by atoms with Gasteiger partial charge in [0.05, 0.1) is 0 Å². The monoisotopic (exact) mass is 340 g/mol. The molecule has 3 fully saturated rings. The number of amides is 2. The number of fused-ring (bicyclic) bond motifs is 2. The van der Waals surface area contributed by atoms with Gasteiger partial charge in [0.2, 0.25) is 5.91 Å². The summed E-state index contributed by atoms with van der Waals surface area (Å²) in [5.41, 5.74) is 0.702. The summed E-state index contributed by atoms with van der Waals surface area (Å²) in [6.45, 7) is 2.37. The van der Waals surface area contributed by atoms with Crippen LogP contribution in [0.3, 0.4) is 0 Å². The molecule has 0 unspecified atom stereocenters. The molecule has 1 aromatic carbocycles. The predicted molar refractivity (Wildman–Crippen MR) is 97.0 cm³/mol. The zero-order chi connectivity index (χ0) is 17.2. The van der Waals surface area contributed by atoms with E-state index < -0.39 is 0 Å². The van der Waals surface area contributed by atoms with E-state index in [-0.39, 0.29) is 11.8 Å². The third-order valence-corrected chi connectivity index (χ3v) is 6.47. The Morgan fingerprint density at radius 1 is 1.08 bits per heavy atom. The number of carbonyl (C=O) groups is 2. The molecular formula is C21H28N2O2. The maximum Gasteiger partial charge on any atom is 0.251 e. The van der Waals surface area contributed by atoms with Crippen LogP contribution in [0.15, 0.2) is 30.3 Å². The number of benzene rings is 1. The van der Waals surface area contributed by atoms with Gasteiger partial charge in [-0.1, -0.05) is 24.6 Å². The number of hydrogen-bond acceptors (Lipinski definition) is 2. The molecule has 2 bridgehead atoms. The molecule has 4 heteroatoms. The Morgan fingerprint density at radius 2 is 1.92 bits per heavy atom. The number of likely N-dealkylation sites (tertiary alicyclic amines) is 1. The van der Waals surface area contributed by atoms with Gasteiger partial charge in [-0.15, -0.1) is 0 Å². The Kier molecular flexibility index (Phi) is 4.78. The van der Waals surface area contributed by atoms with Gasteiger partial charge in [0.15, 0.2) is 0 Å². The van der Waals surface area contributed by atoms with Crippen LogP contribution < -0.4 is 5.32 Å². The first-order valence-electron chi connectivity index (χ1n) is 9.82. The van der Waals surface area contributed by atoms with Gasteiger partial charge in [-0.25, -0.2) is 0 Å². The molecule has 1 N–H and O–H groups in total. The van der Waals surface area contributed by atoms with Crippen LogP contribution in [0.4, 0.5) is 0 Å². The maximum absolute atomic E-state index is 12.9. The van der Waals surface area contributed by atoms with Gasteiger partial charge in [0.1, 0.15) is 0 Å². The van der Waals surface area contributed by atoms with Crippen LogP contribution in [0.25, 0.3) is 0 Å².